The van der Waals surface area contributed by atoms with E-state index in [1.807, 2.05) is 0 Å². The Labute approximate surface area is 107 Å². The number of hydrogen-bond acceptors (Lipinski definition) is 3. The number of alkyl halides is 3. The molecule has 0 heterocycles. The first kappa shape index (κ1) is 14.8. The van der Waals surface area contributed by atoms with Crippen LogP contribution < -0.4 is 11.1 Å². The van der Waals surface area contributed by atoms with Crippen molar-refractivity contribution in [2.45, 2.75) is 23.5 Å². The standard InChI is InChI=1S/C11H13F3N2OS/c1-10(15,11(12,13)14)9(17)16-7-5-3-4-6-8(7)18-2/h3-6H,15H2,1-2H3,(H,16,17)/t10-/m1/s1. The van der Waals surface area contributed by atoms with Gasteiger partial charge in [-0.1, -0.05) is 12.1 Å². The van der Waals surface area contributed by atoms with Crippen LogP contribution in [0.15, 0.2) is 29.2 Å². The summed E-state index contributed by atoms with van der Waals surface area (Å²) >= 11 is 1.32. The average molecular weight is 278 g/mol. The van der Waals surface area contributed by atoms with Gasteiger partial charge in [-0.05, 0) is 25.3 Å². The molecule has 1 aromatic carbocycles. The fourth-order valence-electron chi connectivity index (χ4n) is 1.13. The minimum absolute atomic E-state index is 0.316. The third kappa shape index (κ3) is 2.97. The second-order valence-electron chi connectivity index (χ2n) is 3.85. The number of nitrogens with two attached hydrogens (primary N) is 1. The molecule has 0 spiro atoms. The van der Waals surface area contributed by atoms with Crippen molar-refractivity contribution in [2.75, 3.05) is 11.6 Å². The van der Waals surface area contributed by atoms with Crippen LogP contribution in [-0.4, -0.2) is 23.9 Å². The molecule has 0 bridgehead atoms. The smallest absolute Gasteiger partial charge is 0.323 e. The van der Waals surface area contributed by atoms with Crippen LogP contribution in [0.25, 0.3) is 0 Å². The maximum atomic E-state index is 12.6. The zero-order valence-corrected chi connectivity index (χ0v) is 10.7. The van der Waals surface area contributed by atoms with Crippen LogP contribution in [0, 0.1) is 0 Å². The van der Waals surface area contributed by atoms with Gasteiger partial charge in [-0.15, -0.1) is 11.8 Å². The lowest BCUT2D eigenvalue weighted by molar-refractivity contribution is -0.184. The zero-order chi connectivity index (χ0) is 14.0. The third-order valence-electron chi connectivity index (χ3n) is 2.42. The van der Waals surface area contributed by atoms with Gasteiger partial charge in [0.2, 0.25) is 0 Å². The van der Waals surface area contributed by atoms with Crippen molar-refractivity contribution in [3.63, 3.8) is 0 Å². The third-order valence-corrected chi connectivity index (χ3v) is 3.21. The zero-order valence-electron chi connectivity index (χ0n) is 9.84. The summed E-state index contributed by atoms with van der Waals surface area (Å²) in [5.74, 6) is -1.28. The van der Waals surface area contributed by atoms with E-state index >= 15 is 0 Å². The van der Waals surface area contributed by atoms with E-state index in [0.717, 1.165) is 0 Å². The highest BCUT2D eigenvalue weighted by molar-refractivity contribution is 7.98. The van der Waals surface area contributed by atoms with Gasteiger partial charge in [0.1, 0.15) is 0 Å². The highest BCUT2D eigenvalue weighted by Gasteiger charge is 2.54. The molecule has 1 atom stereocenters. The highest BCUT2D eigenvalue weighted by Crippen LogP contribution is 2.30. The number of nitrogens with one attached hydrogen (secondary N) is 1. The van der Waals surface area contributed by atoms with Gasteiger partial charge in [-0.25, -0.2) is 0 Å². The van der Waals surface area contributed by atoms with Gasteiger partial charge in [0.15, 0.2) is 5.54 Å². The van der Waals surface area contributed by atoms with Crippen molar-refractivity contribution in [1.82, 2.24) is 0 Å². The minimum atomic E-state index is -4.80. The molecule has 0 unspecified atom stereocenters. The van der Waals surface area contributed by atoms with Crippen LogP contribution in [-0.2, 0) is 4.79 Å². The second kappa shape index (κ2) is 5.19. The van der Waals surface area contributed by atoms with Crippen molar-refractivity contribution < 1.29 is 18.0 Å². The van der Waals surface area contributed by atoms with Crippen molar-refractivity contribution in [3.8, 4) is 0 Å². The summed E-state index contributed by atoms with van der Waals surface area (Å²) in [6.07, 6.45) is -3.04. The number of halogens is 3. The van der Waals surface area contributed by atoms with Crippen LogP contribution in [0.1, 0.15) is 6.92 Å². The number of amides is 1. The first-order valence-electron chi connectivity index (χ1n) is 5.00. The Morgan fingerprint density at radius 1 is 1.33 bits per heavy atom. The summed E-state index contributed by atoms with van der Waals surface area (Å²) in [5.41, 5.74) is 2.43. The SMILES string of the molecule is CSc1ccccc1NC(=O)[C@@](C)(N)C(F)(F)F. The highest BCUT2D eigenvalue weighted by atomic mass is 32.2. The van der Waals surface area contributed by atoms with E-state index in [9.17, 15) is 18.0 Å². The Balaban J connectivity index is 2.95. The second-order valence-corrected chi connectivity index (χ2v) is 4.70. The van der Waals surface area contributed by atoms with Crippen LogP contribution >= 0.6 is 11.8 Å². The number of carbonyl (C=O) groups is 1. The van der Waals surface area contributed by atoms with Gasteiger partial charge in [0.05, 0.1) is 5.69 Å². The molecule has 0 aliphatic heterocycles. The molecule has 0 saturated carbocycles. The summed E-state index contributed by atoms with van der Waals surface area (Å²) in [4.78, 5) is 12.3. The van der Waals surface area contributed by atoms with E-state index in [1.165, 1.54) is 17.8 Å². The van der Waals surface area contributed by atoms with Gasteiger partial charge >= 0.3 is 6.18 Å². The molecule has 100 valence electrons. The van der Waals surface area contributed by atoms with Crippen molar-refractivity contribution >= 4 is 23.4 Å². The molecule has 7 heteroatoms. The molecule has 18 heavy (non-hydrogen) atoms. The van der Waals surface area contributed by atoms with Crippen LogP contribution in [0.2, 0.25) is 0 Å². The maximum absolute atomic E-state index is 12.6. The summed E-state index contributed by atoms with van der Waals surface area (Å²) in [5, 5.41) is 2.20. The summed E-state index contributed by atoms with van der Waals surface area (Å²) < 4.78 is 37.7. The molecule has 1 rings (SSSR count). The number of carbonyl (C=O) groups excluding carboxylic acids is 1. The number of thioether (sulfide) groups is 1. The predicted molar refractivity (Wildman–Crippen MR) is 65.5 cm³/mol. The molecule has 0 fully saturated rings. The quantitative estimate of drug-likeness (QED) is 0.836. The first-order valence-corrected chi connectivity index (χ1v) is 6.22. The summed E-state index contributed by atoms with van der Waals surface area (Å²) in [6, 6.07) is 6.57. The molecule has 0 aliphatic rings. The fourth-order valence-corrected chi connectivity index (χ4v) is 1.68. The lowest BCUT2D eigenvalue weighted by Gasteiger charge is -2.26. The summed E-state index contributed by atoms with van der Waals surface area (Å²) in [6.45, 7) is 0.643. The van der Waals surface area contributed by atoms with Gasteiger partial charge in [0.25, 0.3) is 5.91 Å². The van der Waals surface area contributed by atoms with E-state index in [4.69, 9.17) is 5.73 Å². The molecule has 3 N–H and O–H groups in total. The molecule has 0 aliphatic carbocycles. The topological polar surface area (TPSA) is 55.1 Å². The Morgan fingerprint density at radius 2 is 1.89 bits per heavy atom. The number of rotatable bonds is 3. The van der Waals surface area contributed by atoms with E-state index in [2.05, 4.69) is 5.32 Å². The van der Waals surface area contributed by atoms with Gasteiger partial charge in [-0.3, -0.25) is 4.79 Å². The molecular formula is C11H13F3N2OS. The lowest BCUT2D eigenvalue weighted by Crippen LogP contribution is -2.59. The van der Waals surface area contributed by atoms with E-state index < -0.39 is 17.6 Å². The van der Waals surface area contributed by atoms with Crippen molar-refractivity contribution in [2.24, 2.45) is 5.73 Å². The lowest BCUT2D eigenvalue weighted by atomic mass is 10.0. The Bertz CT molecular complexity index is 446. The number of para-hydroxylation sites is 1. The number of benzene rings is 1. The molecule has 0 saturated heterocycles. The van der Waals surface area contributed by atoms with Crippen molar-refractivity contribution in [3.05, 3.63) is 24.3 Å². The molecule has 1 amide bonds. The Hall–Kier alpha value is -1.21. The monoisotopic (exact) mass is 278 g/mol. The van der Waals surface area contributed by atoms with E-state index in [1.54, 1.807) is 24.5 Å². The van der Waals surface area contributed by atoms with E-state index in [-0.39, 0.29) is 0 Å². The van der Waals surface area contributed by atoms with Crippen molar-refractivity contribution in [1.29, 1.82) is 0 Å². The average Bonchev–Trinajstić information content (AvgIpc) is 2.28. The van der Waals surface area contributed by atoms with Crippen LogP contribution in [0.4, 0.5) is 18.9 Å². The summed E-state index contributed by atoms with van der Waals surface area (Å²) in [7, 11) is 0. The number of anilines is 1. The minimum Gasteiger partial charge on any atom is -0.323 e. The molecule has 3 nitrogen and oxygen atoms in total. The largest absolute Gasteiger partial charge is 0.415 e. The maximum Gasteiger partial charge on any atom is 0.415 e. The van der Waals surface area contributed by atoms with E-state index in [0.29, 0.717) is 17.5 Å². The van der Waals surface area contributed by atoms with Gasteiger partial charge < -0.3 is 11.1 Å². The molecule has 0 aromatic heterocycles. The predicted octanol–water partition coefficient (Wildman–Crippen LogP) is 2.63. The fraction of sp³-hybridized carbons (Fsp3) is 0.364. The Kier molecular flexibility index (Phi) is 4.28. The van der Waals surface area contributed by atoms with Gasteiger partial charge in [-0.2, -0.15) is 13.2 Å². The van der Waals surface area contributed by atoms with Crippen LogP contribution in [0.5, 0.6) is 0 Å². The molecule has 0 radical (unpaired) electrons. The Morgan fingerprint density at radius 3 is 2.39 bits per heavy atom. The normalized spacial score (nSPS) is 15.0. The first-order chi connectivity index (χ1) is 8.20. The molecular weight excluding hydrogens is 265 g/mol. The van der Waals surface area contributed by atoms with Crippen LogP contribution in [0.3, 0.4) is 0 Å². The number of hydrogen-bond donors (Lipinski definition) is 2. The van der Waals surface area contributed by atoms with Gasteiger partial charge in [0, 0.05) is 4.90 Å². The molecule has 1 aromatic rings.